The highest BCUT2D eigenvalue weighted by Crippen LogP contribution is 2.27. The Bertz CT molecular complexity index is 494. The lowest BCUT2D eigenvalue weighted by Crippen LogP contribution is -2.10. The second-order valence-electron chi connectivity index (χ2n) is 4.71. The van der Waals surface area contributed by atoms with Gasteiger partial charge in [0.05, 0.1) is 0 Å². The molecule has 0 radical (unpaired) electrons. The summed E-state index contributed by atoms with van der Waals surface area (Å²) in [5, 5.41) is 4.67. The van der Waals surface area contributed by atoms with Gasteiger partial charge in [0.2, 0.25) is 0 Å². The van der Waals surface area contributed by atoms with Crippen molar-refractivity contribution in [2.45, 2.75) is 19.8 Å². The van der Waals surface area contributed by atoms with Crippen molar-refractivity contribution in [3.05, 3.63) is 35.6 Å². The number of hydrogen-bond donors (Lipinski definition) is 1. The lowest BCUT2D eigenvalue weighted by Gasteiger charge is -2.05. The van der Waals surface area contributed by atoms with Gasteiger partial charge in [-0.15, -0.1) is 0 Å². The summed E-state index contributed by atoms with van der Waals surface area (Å²) in [7, 11) is 0. The first-order valence-electron chi connectivity index (χ1n) is 6.02. The molecule has 0 aliphatic carbocycles. The minimum atomic E-state index is 0.749. The van der Waals surface area contributed by atoms with Crippen molar-refractivity contribution in [2.24, 2.45) is 5.92 Å². The number of hydrogen-bond acceptors (Lipinski definition) is 2. The molecule has 84 valence electrons. The van der Waals surface area contributed by atoms with E-state index in [2.05, 4.69) is 30.4 Å². The average molecular weight is 215 g/mol. The van der Waals surface area contributed by atoms with Crippen molar-refractivity contribution >= 4 is 11.0 Å². The van der Waals surface area contributed by atoms with Gasteiger partial charge in [0.25, 0.3) is 0 Å². The zero-order valence-electron chi connectivity index (χ0n) is 9.62. The van der Waals surface area contributed by atoms with Gasteiger partial charge in [0.1, 0.15) is 11.3 Å². The summed E-state index contributed by atoms with van der Waals surface area (Å²) in [6.45, 7) is 4.46. The van der Waals surface area contributed by atoms with Crippen molar-refractivity contribution in [1.29, 1.82) is 0 Å². The van der Waals surface area contributed by atoms with Crippen molar-refractivity contribution in [1.82, 2.24) is 5.32 Å². The fourth-order valence-electron chi connectivity index (χ4n) is 2.57. The van der Waals surface area contributed by atoms with Gasteiger partial charge in [0.15, 0.2) is 0 Å². The standard InChI is InChI=1S/C14H17NO/c1-10-12-4-2-3-5-13(12)16-14(10)8-11-6-7-15-9-11/h2-5,11,15H,6-9H2,1H3. The normalized spacial score (nSPS) is 20.7. The Morgan fingerprint density at radius 1 is 1.38 bits per heavy atom. The SMILES string of the molecule is Cc1c(CC2CCNC2)oc2ccccc12. The van der Waals surface area contributed by atoms with E-state index in [1.807, 2.05) is 6.07 Å². The Hall–Kier alpha value is -1.28. The zero-order chi connectivity index (χ0) is 11.0. The third-order valence-electron chi connectivity index (χ3n) is 3.58. The van der Waals surface area contributed by atoms with E-state index < -0.39 is 0 Å². The smallest absolute Gasteiger partial charge is 0.134 e. The molecule has 2 heteroatoms. The molecule has 0 bridgehead atoms. The number of rotatable bonds is 2. The number of aryl methyl sites for hydroxylation is 1. The van der Waals surface area contributed by atoms with Gasteiger partial charge in [-0.05, 0) is 44.0 Å². The highest BCUT2D eigenvalue weighted by Gasteiger charge is 2.19. The van der Waals surface area contributed by atoms with Crippen molar-refractivity contribution in [3.63, 3.8) is 0 Å². The summed E-state index contributed by atoms with van der Waals surface area (Å²) < 4.78 is 5.93. The van der Waals surface area contributed by atoms with Crippen LogP contribution in [0.1, 0.15) is 17.7 Å². The van der Waals surface area contributed by atoms with Crippen LogP contribution in [-0.2, 0) is 6.42 Å². The van der Waals surface area contributed by atoms with Crippen molar-refractivity contribution < 1.29 is 4.42 Å². The van der Waals surface area contributed by atoms with Gasteiger partial charge in [-0.1, -0.05) is 18.2 Å². The van der Waals surface area contributed by atoms with Crippen molar-refractivity contribution in [3.8, 4) is 0 Å². The third-order valence-corrected chi connectivity index (χ3v) is 3.58. The quantitative estimate of drug-likeness (QED) is 0.833. The Labute approximate surface area is 95.6 Å². The van der Waals surface area contributed by atoms with Gasteiger partial charge in [-0.2, -0.15) is 0 Å². The van der Waals surface area contributed by atoms with Gasteiger partial charge in [0, 0.05) is 11.8 Å². The summed E-state index contributed by atoms with van der Waals surface area (Å²) in [6.07, 6.45) is 2.35. The molecule has 3 rings (SSSR count). The number of nitrogens with one attached hydrogen (secondary N) is 1. The fraction of sp³-hybridized carbons (Fsp3) is 0.429. The number of para-hydroxylation sites is 1. The number of fused-ring (bicyclic) bond motifs is 1. The van der Waals surface area contributed by atoms with E-state index in [4.69, 9.17) is 4.42 Å². The maximum absolute atomic E-state index is 5.93. The summed E-state index contributed by atoms with van der Waals surface area (Å²) in [4.78, 5) is 0. The second-order valence-corrected chi connectivity index (χ2v) is 4.71. The maximum atomic E-state index is 5.93. The molecule has 1 atom stereocenters. The molecular weight excluding hydrogens is 198 g/mol. The van der Waals surface area contributed by atoms with Crippen molar-refractivity contribution in [2.75, 3.05) is 13.1 Å². The van der Waals surface area contributed by atoms with Gasteiger partial charge in [-0.3, -0.25) is 0 Å². The summed E-state index contributed by atoms with van der Waals surface area (Å²) in [6, 6.07) is 8.31. The molecule has 2 nitrogen and oxygen atoms in total. The van der Waals surface area contributed by atoms with Crippen LogP contribution in [0.2, 0.25) is 0 Å². The predicted molar refractivity (Wildman–Crippen MR) is 65.6 cm³/mol. The molecule has 0 spiro atoms. The molecular formula is C14H17NO. The van der Waals surface area contributed by atoms with E-state index >= 15 is 0 Å². The molecule has 1 aromatic carbocycles. The molecule has 1 saturated heterocycles. The molecule has 2 heterocycles. The Morgan fingerprint density at radius 3 is 3.00 bits per heavy atom. The van der Waals surface area contributed by atoms with Crippen LogP contribution in [0.5, 0.6) is 0 Å². The monoisotopic (exact) mass is 215 g/mol. The average Bonchev–Trinajstić information content (AvgIpc) is 2.90. The third kappa shape index (κ3) is 1.63. The largest absolute Gasteiger partial charge is 0.461 e. The molecule has 0 amide bonds. The predicted octanol–water partition coefficient (Wildman–Crippen LogP) is 2.89. The first-order valence-corrected chi connectivity index (χ1v) is 6.02. The molecule has 0 saturated carbocycles. The van der Waals surface area contributed by atoms with Crippen LogP contribution in [0.4, 0.5) is 0 Å². The summed E-state index contributed by atoms with van der Waals surface area (Å²) in [5.41, 5.74) is 2.35. The van der Waals surface area contributed by atoms with Gasteiger partial charge < -0.3 is 9.73 Å². The zero-order valence-corrected chi connectivity index (χ0v) is 9.62. The van der Waals surface area contributed by atoms with Crippen LogP contribution in [0.25, 0.3) is 11.0 Å². The van der Waals surface area contributed by atoms with E-state index in [0.29, 0.717) is 0 Å². The topological polar surface area (TPSA) is 25.2 Å². The van der Waals surface area contributed by atoms with E-state index in [1.165, 1.54) is 23.1 Å². The molecule has 1 aromatic heterocycles. The molecule has 16 heavy (non-hydrogen) atoms. The Balaban J connectivity index is 1.94. The minimum Gasteiger partial charge on any atom is -0.461 e. The second kappa shape index (κ2) is 3.95. The van der Waals surface area contributed by atoms with Crippen LogP contribution in [0, 0.1) is 12.8 Å². The van der Waals surface area contributed by atoms with Gasteiger partial charge in [-0.25, -0.2) is 0 Å². The molecule has 1 aliphatic rings. The molecule has 1 aliphatic heterocycles. The van der Waals surface area contributed by atoms with Crippen LogP contribution in [0.3, 0.4) is 0 Å². The lowest BCUT2D eigenvalue weighted by molar-refractivity contribution is 0.475. The number of furan rings is 1. The minimum absolute atomic E-state index is 0.749. The Kier molecular flexibility index (Phi) is 2.44. The van der Waals surface area contributed by atoms with Crippen LogP contribution < -0.4 is 5.32 Å². The van der Waals surface area contributed by atoms with E-state index in [9.17, 15) is 0 Å². The highest BCUT2D eigenvalue weighted by atomic mass is 16.3. The lowest BCUT2D eigenvalue weighted by atomic mass is 10.0. The molecule has 2 aromatic rings. The van der Waals surface area contributed by atoms with Crippen LogP contribution >= 0.6 is 0 Å². The summed E-state index contributed by atoms with van der Waals surface area (Å²) in [5.74, 6) is 1.93. The van der Waals surface area contributed by atoms with Crippen LogP contribution in [-0.4, -0.2) is 13.1 Å². The number of benzene rings is 1. The Morgan fingerprint density at radius 2 is 2.25 bits per heavy atom. The van der Waals surface area contributed by atoms with E-state index in [1.54, 1.807) is 0 Å². The first kappa shape index (κ1) is 9.91. The first-order chi connectivity index (χ1) is 7.84. The van der Waals surface area contributed by atoms with E-state index in [0.717, 1.165) is 31.0 Å². The molecule has 1 unspecified atom stereocenters. The van der Waals surface area contributed by atoms with Gasteiger partial charge >= 0.3 is 0 Å². The maximum Gasteiger partial charge on any atom is 0.134 e. The fourth-order valence-corrected chi connectivity index (χ4v) is 2.57. The van der Waals surface area contributed by atoms with E-state index in [-0.39, 0.29) is 0 Å². The molecule has 1 fully saturated rings. The molecule has 1 N–H and O–H groups in total. The highest BCUT2D eigenvalue weighted by molar-refractivity contribution is 5.81. The van der Waals surface area contributed by atoms with Crippen LogP contribution in [0.15, 0.2) is 28.7 Å². The summed E-state index contributed by atoms with van der Waals surface area (Å²) >= 11 is 0.